The molecule has 3 atom stereocenters. The van der Waals surface area contributed by atoms with Gasteiger partial charge in [0.15, 0.2) is 0 Å². The second kappa shape index (κ2) is 12.0. The summed E-state index contributed by atoms with van der Waals surface area (Å²) in [6.07, 6.45) is 2.11. The van der Waals surface area contributed by atoms with E-state index in [0.29, 0.717) is 32.2 Å². The largest absolute Gasteiger partial charge is 0.359 e. The predicted molar refractivity (Wildman–Crippen MR) is 155 cm³/mol. The van der Waals surface area contributed by atoms with Gasteiger partial charge in [0.05, 0.1) is 34.6 Å². The molecule has 10 nitrogen and oxygen atoms in total. The maximum atomic E-state index is 13.8. The Labute approximate surface area is 244 Å². The molecular formula is C30H38N6O4S. The summed E-state index contributed by atoms with van der Waals surface area (Å²) in [7, 11) is 1.55. The fourth-order valence-electron chi connectivity index (χ4n) is 5.15. The standard InChI is InChI=1S/C30H38N6O4S/c1-18-24(41-17-33-18)20-10-8-19(9-11-20)21(15-23(37)32-5)34-26(38)22-7-6-14-36(22)27(39)25(29(2,3)4)35-28(40)30(16-31)12-13-30/h8-11,17,21-22,25H,6-7,12-15H2,1-5H3,(H,32,37)(H,34,38)(H,35,40)/t21-,22?,25+/m0/s1. The molecule has 1 unspecified atom stereocenters. The lowest BCUT2D eigenvalue weighted by Crippen LogP contribution is -2.58. The van der Waals surface area contributed by atoms with Gasteiger partial charge < -0.3 is 20.9 Å². The molecule has 0 radical (unpaired) electrons. The zero-order valence-electron chi connectivity index (χ0n) is 24.2. The Balaban J connectivity index is 1.52. The Morgan fingerprint density at radius 1 is 1.17 bits per heavy atom. The van der Waals surface area contributed by atoms with Crippen molar-refractivity contribution in [2.75, 3.05) is 13.6 Å². The zero-order valence-corrected chi connectivity index (χ0v) is 25.1. The summed E-state index contributed by atoms with van der Waals surface area (Å²) < 4.78 is 0. The Bertz CT molecular complexity index is 1350. The number of hydrogen-bond donors (Lipinski definition) is 3. The van der Waals surface area contributed by atoms with Gasteiger partial charge in [0.2, 0.25) is 23.6 Å². The van der Waals surface area contributed by atoms with Crippen molar-refractivity contribution in [3.05, 3.63) is 41.0 Å². The first-order valence-corrected chi connectivity index (χ1v) is 14.8. The molecule has 1 aromatic heterocycles. The van der Waals surface area contributed by atoms with Gasteiger partial charge in [-0.2, -0.15) is 5.26 Å². The summed E-state index contributed by atoms with van der Waals surface area (Å²) in [5.74, 6) is -1.35. The van der Waals surface area contributed by atoms with E-state index in [2.05, 4.69) is 27.0 Å². The van der Waals surface area contributed by atoms with Gasteiger partial charge in [-0.1, -0.05) is 45.0 Å². The molecule has 3 N–H and O–H groups in total. The molecule has 2 fully saturated rings. The lowest BCUT2D eigenvalue weighted by molar-refractivity contribution is -0.144. The topological polar surface area (TPSA) is 144 Å². The van der Waals surface area contributed by atoms with E-state index in [1.807, 2.05) is 52.0 Å². The highest BCUT2D eigenvalue weighted by Crippen LogP contribution is 2.45. The quantitative estimate of drug-likeness (QED) is 0.417. The Morgan fingerprint density at radius 3 is 2.39 bits per heavy atom. The van der Waals surface area contributed by atoms with E-state index >= 15 is 0 Å². The average molecular weight is 579 g/mol. The van der Waals surface area contributed by atoms with Crippen molar-refractivity contribution in [3.63, 3.8) is 0 Å². The lowest BCUT2D eigenvalue weighted by atomic mass is 9.85. The number of thiazole rings is 1. The van der Waals surface area contributed by atoms with Crippen LogP contribution >= 0.6 is 11.3 Å². The number of likely N-dealkylation sites (tertiary alicyclic amines) is 1. The number of aromatic nitrogens is 1. The summed E-state index contributed by atoms with van der Waals surface area (Å²) in [6.45, 7) is 7.88. The van der Waals surface area contributed by atoms with Gasteiger partial charge >= 0.3 is 0 Å². The molecule has 1 aliphatic heterocycles. The predicted octanol–water partition coefficient (Wildman–Crippen LogP) is 3.24. The number of nitrogens with zero attached hydrogens (tertiary/aromatic N) is 3. The van der Waals surface area contributed by atoms with Crippen LogP contribution in [0.1, 0.15) is 70.2 Å². The van der Waals surface area contributed by atoms with Gasteiger partial charge in [0.25, 0.3) is 0 Å². The Hall–Kier alpha value is -3.78. The lowest BCUT2D eigenvalue weighted by Gasteiger charge is -2.36. The highest BCUT2D eigenvalue weighted by Gasteiger charge is 2.53. The van der Waals surface area contributed by atoms with Crippen LogP contribution in [0.3, 0.4) is 0 Å². The number of nitrogens with one attached hydrogen (secondary N) is 3. The van der Waals surface area contributed by atoms with Crippen molar-refractivity contribution < 1.29 is 19.2 Å². The van der Waals surface area contributed by atoms with Crippen LogP contribution in [0.25, 0.3) is 10.4 Å². The molecule has 4 amide bonds. The summed E-state index contributed by atoms with van der Waals surface area (Å²) >= 11 is 1.55. The third-order valence-electron chi connectivity index (χ3n) is 7.93. The first-order chi connectivity index (χ1) is 19.4. The zero-order chi connectivity index (χ0) is 29.9. The van der Waals surface area contributed by atoms with Gasteiger partial charge in [-0.3, -0.25) is 19.2 Å². The Morgan fingerprint density at radius 2 is 1.85 bits per heavy atom. The fourth-order valence-corrected chi connectivity index (χ4v) is 5.97. The number of nitriles is 1. The minimum atomic E-state index is -1.06. The first-order valence-electron chi connectivity index (χ1n) is 13.9. The fraction of sp³-hybridized carbons (Fsp3) is 0.533. The molecule has 0 bridgehead atoms. The molecule has 0 spiro atoms. The molecule has 1 aromatic carbocycles. The van der Waals surface area contributed by atoms with E-state index in [1.165, 1.54) is 4.90 Å². The van der Waals surface area contributed by atoms with Crippen LogP contribution in [0.2, 0.25) is 0 Å². The molecule has 1 saturated heterocycles. The average Bonchev–Trinajstić information content (AvgIpc) is 3.37. The van der Waals surface area contributed by atoms with Gasteiger partial charge in [-0.05, 0) is 49.1 Å². The molecule has 1 saturated carbocycles. The minimum absolute atomic E-state index is 0.0404. The van der Waals surface area contributed by atoms with Crippen molar-refractivity contribution in [1.29, 1.82) is 5.26 Å². The van der Waals surface area contributed by atoms with Crippen LogP contribution in [0, 0.1) is 29.1 Å². The highest BCUT2D eigenvalue weighted by molar-refractivity contribution is 7.13. The van der Waals surface area contributed by atoms with Gasteiger partial charge in [0.1, 0.15) is 17.5 Å². The summed E-state index contributed by atoms with van der Waals surface area (Å²) in [5, 5.41) is 17.9. The highest BCUT2D eigenvalue weighted by atomic mass is 32.1. The van der Waals surface area contributed by atoms with Crippen LogP contribution in [0.15, 0.2) is 29.8 Å². The molecule has 11 heteroatoms. The number of benzene rings is 1. The van der Waals surface area contributed by atoms with Gasteiger partial charge in [-0.15, -0.1) is 11.3 Å². The molecule has 218 valence electrons. The van der Waals surface area contributed by atoms with Crippen LogP contribution < -0.4 is 16.0 Å². The maximum absolute atomic E-state index is 13.8. The molecule has 2 aliphatic rings. The number of amides is 4. The van der Waals surface area contributed by atoms with Crippen LogP contribution in [0.4, 0.5) is 0 Å². The van der Waals surface area contributed by atoms with Crippen molar-refractivity contribution in [2.24, 2.45) is 10.8 Å². The number of aryl methyl sites for hydroxylation is 1. The molecule has 1 aliphatic carbocycles. The molecule has 41 heavy (non-hydrogen) atoms. The van der Waals surface area contributed by atoms with Crippen LogP contribution in [-0.2, 0) is 19.2 Å². The SMILES string of the molecule is CNC(=O)C[C@H](NC(=O)C1CCCN1C(=O)[C@@H](NC(=O)C1(C#N)CC1)C(C)(C)C)c1ccc(-c2scnc2C)cc1. The van der Waals surface area contributed by atoms with Crippen LogP contribution in [0.5, 0.6) is 0 Å². The monoisotopic (exact) mass is 578 g/mol. The van der Waals surface area contributed by atoms with Crippen molar-refractivity contribution in [2.45, 2.75) is 77.9 Å². The normalized spacial score (nSPS) is 19.0. The van der Waals surface area contributed by atoms with E-state index < -0.39 is 34.9 Å². The molecule has 4 rings (SSSR count). The first kappa shape index (κ1) is 30.2. The smallest absolute Gasteiger partial charge is 0.246 e. The van der Waals surface area contributed by atoms with E-state index in [9.17, 15) is 24.4 Å². The number of carbonyl (C=O) groups excluding carboxylic acids is 4. The van der Waals surface area contributed by atoms with Crippen molar-refractivity contribution >= 4 is 35.0 Å². The number of carbonyl (C=O) groups is 4. The van der Waals surface area contributed by atoms with Gasteiger partial charge in [-0.25, -0.2) is 4.98 Å². The summed E-state index contributed by atoms with van der Waals surface area (Å²) in [5.41, 5.74) is 2.81. The van der Waals surface area contributed by atoms with Gasteiger partial charge in [0, 0.05) is 13.6 Å². The summed E-state index contributed by atoms with van der Waals surface area (Å²) in [4.78, 5) is 59.6. The second-order valence-corrected chi connectivity index (χ2v) is 12.8. The van der Waals surface area contributed by atoms with E-state index in [0.717, 1.165) is 21.7 Å². The minimum Gasteiger partial charge on any atom is -0.359 e. The van der Waals surface area contributed by atoms with E-state index in [-0.39, 0.29) is 24.1 Å². The third-order valence-corrected chi connectivity index (χ3v) is 8.91. The maximum Gasteiger partial charge on any atom is 0.246 e. The number of hydrogen-bond acceptors (Lipinski definition) is 7. The van der Waals surface area contributed by atoms with Crippen molar-refractivity contribution in [3.8, 4) is 16.5 Å². The molecule has 2 heterocycles. The summed E-state index contributed by atoms with van der Waals surface area (Å²) in [6, 6.07) is 7.56. The molecular weight excluding hydrogens is 540 g/mol. The van der Waals surface area contributed by atoms with Crippen LogP contribution in [-0.4, -0.2) is 59.2 Å². The van der Waals surface area contributed by atoms with E-state index in [1.54, 1.807) is 23.9 Å². The molecule has 2 aromatic rings. The number of rotatable bonds is 9. The Kier molecular flexibility index (Phi) is 8.83. The van der Waals surface area contributed by atoms with E-state index in [4.69, 9.17) is 0 Å². The second-order valence-electron chi connectivity index (χ2n) is 12.0. The third kappa shape index (κ3) is 6.59. The van der Waals surface area contributed by atoms with Crippen molar-refractivity contribution in [1.82, 2.24) is 25.8 Å².